The summed E-state index contributed by atoms with van der Waals surface area (Å²) in [4.78, 5) is 11.1. The van der Waals surface area contributed by atoms with Crippen molar-refractivity contribution in [3.63, 3.8) is 0 Å². The zero-order chi connectivity index (χ0) is 15.6. The number of hydrogen-bond acceptors (Lipinski definition) is 5. The summed E-state index contributed by atoms with van der Waals surface area (Å²) in [6, 6.07) is 1.44. The lowest BCUT2D eigenvalue weighted by molar-refractivity contribution is 0.0290. The fraction of sp³-hybridized carbons (Fsp3) is 0.615. The minimum absolute atomic E-state index is 0.0813. The first-order chi connectivity index (χ1) is 9.86. The van der Waals surface area contributed by atoms with Crippen LogP contribution in [0, 0.1) is 6.92 Å². The normalized spacial score (nSPS) is 18.0. The molecule has 1 aromatic heterocycles. The van der Waals surface area contributed by atoms with Crippen LogP contribution in [-0.4, -0.2) is 49.6 Å². The molecule has 1 aromatic rings. The molecule has 0 aliphatic carbocycles. The Bertz CT molecular complexity index is 615. The van der Waals surface area contributed by atoms with Crippen LogP contribution >= 0.6 is 11.3 Å². The van der Waals surface area contributed by atoms with E-state index in [1.54, 1.807) is 6.92 Å². The van der Waals surface area contributed by atoms with E-state index in [-0.39, 0.29) is 15.2 Å². The number of carbonyl (C=O) groups is 1. The minimum Gasteiger partial charge on any atom is -0.477 e. The Morgan fingerprint density at radius 2 is 2.10 bits per heavy atom. The molecule has 0 amide bonds. The molecule has 2 heterocycles. The zero-order valence-electron chi connectivity index (χ0n) is 12.0. The number of rotatable bonds is 5. The average molecular weight is 333 g/mol. The van der Waals surface area contributed by atoms with Crippen molar-refractivity contribution < 1.29 is 23.1 Å². The fourth-order valence-corrected chi connectivity index (χ4v) is 5.40. The number of sulfonamides is 1. The maximum Gasteiger partial charge on any atom is 0.346 e. The van der Waals surface area contributed by atoms with Gasteiger partial charge in [0.05, 0.1) is 6.10 Å². The number of aryl methyl sites for hydroxylation is 1. The quantitative estimate of drug-likeness (QED) is 0.890. The number of piperidine rings is 1. The first-order valence-corrected chi connectivity index (χ1v) is 9.07. The van der Waals surface area contributed by atoms with E-state index in [1.807, 2.05) is 6.92 Å². The summed E-state index contributed by atoms with van der Waals surface area (Å²) in [5.74, 6) is -1.09. The second kappa shape index (κ2) is 6.43. The molecule has 0 aromatic carbocycles. The second-order valence-electron chi connectivity index (χ2n) is 4.94. The molecule has 1 fully saturated rings. The van der Waals surface area contributed by atoms with Crippen LogP contribution in [0.15, 0.2) is 10.3 Å². The van der Waals surface area contributed by atoms with Gasteiger partial charge in [-0.1, -0.05) is 0 Å². The number of ether oxygens (including phenoxy) is 1. The minimum atomic E-state index is -3.60. The Morgan fingerprint density at radius 3 is 2.57 bits per heavy atom. The molecule has 8 heteroatoms. The summed E-state index contributed by atoms with van der Waals surface area (Å²) in [5.41, 5.74) is 0.482. The summed E-state index contributed by atoms with van der Waals surface area (Å²) in [6.07, 6.45) is 1.45. The van der Waals surface area contributed by atoms with Gasteiger partial charge >= 0.3 is 5.97 Å². The van der Waals surface area contributed by atoms with E-state index in [9.17, 15) is 13.2 Å². The van der Waals surface area contributed by atoms with Crippen molar-refractivity contribution in [3.05, 3.63) is 16.5 Å². The van der Waals surface area contributed by atoms with E-state index in [1.165, 1.54) is 10.4 Å². The molecule has 6 nitrogen and oxygen atoms in total. The van der Waals surface area contributed by atoms with Gasteiger partial charge in [0, 0.05) is 19.7 Å². The zero-order valence-corrected chi connectivity index (χ0v) is 13.7. The van der Waals surface area contributed by atoms with Crippen molar-refractivity contribution in [2.45, 2.75) is 37.0 Å². The van der Waals surface area contributed by atoms with Gasteiger partial charge in [0.1, 0.15) is 9.09 Å². The molecule has 0 spiro atoms. The van der Waals surface area contributed by atoms with Crippen molar-refractivity contribution in [3.8, 4) is 0 Å². The first kappa shape index (κ1) is 16.4. The number of thiophene rings is 1. The van der Waals surface area contributed by atoms with Crippen LogP contribution in [0.3, 0.4) is 0 Å². The molecule has 1 saturated heterocycles. The Morgan fingerprint density at radius 1 is 1.48 bits per heavy atom. The molecule has 0 bridgehead atoms. The van der Waals surface area contributed by atoms with Gasteiger partial charge in [-0.3, -0.25) is 0 Å². The van der Waals surface area contributed by atoms with Crippen LogP contribution in [0.25, 0.3) is 0 Å². The molecule has 2 rings (SSSR count). The Balaban J connectivity index is 2.16. The molecule has 0 radical (unpaired) electrons. The molecule has 118 valence electrons. The third-order valence-electron chi connectivity index (χ3n) is 3.49. The third-order valence-corrected chi connectivity index (χ3v) is 7.06. The largest absolute Gasteiger partial charge is 0.477 e. The number of nitrogens with zero attached hydrogens (tertiary/aromatic N) is 1. The highest BCUT2D eigenvalue weighted by atomic mass is 32.2. The summed E-state index contributed by atoms with van der Waals surface area (Å²) in [6.45, 7) is 4.98. The van der Waals surface area contributed by atoms with E-state index in [0.717, 1.165) is 11.3 Å². The van der Waals surface area contributed by atoms with Gasteiger partial charge in [-0.25, -0.2) is 13.2 Å². The van der Waals surface area contributed by atoms with Gasteiger partial charge in [0.2, 0.25) is 0 Å². The number of hydrogen-bond donors (Lipinski definition) is 1. The van der Waals surface area contributed by atoms with Gasteiger partial charge < -0.3 is 9.84 Å². The predicted octanol–water partition coefficient (Wildman–Crippen LogP) is 1.94. The van der Waals surface area contributed by atoms with Crippen molar-refractivity contribution >= 4 is 27.3 Å². The van der Waals surface area contributed by atoms with Crippen LogP contribution in [0.2, 0.25) is 0 Å². The average Bonchev–Trinajstić information content (AvgIpc) is 2.83. The number of aromatic carboxylic acids is 1. The van der Waals surface area contributed by atoms with Crippen LogP contribution in [-0.2, 0) is 14.8 Å². The molecular formula is C13H19NO5S2. The van der Waals surface area contributed by atoms with Crippen LogP contribution < -0.4 is 0 Å². The van der Waals surface area contributed by atoms with Gasteiger partial charge in [-0.15, -0.1) is 11.3 Å². The lowest BCUT2D eigenvalue weighted by Crippen LogP contribution is -2.40. The summed E-state index contributed by atoms with van der Waals surface area (Å²) >= 11 is 0.819. The van der Waals surface area contributed by atoms with Crippen LogP contribution in [0.5, 0.6) is 0 Å². The van der Waals surface area contributed by atoms with Gasteiger partial charge in [-0.05, 0) is 38.3 Å². The topological polar surface area (TPSA) is 83.9 Å². The smallest absolute Gasteiger partial charge is 0.346 e. The molecular weight excluding hydrogens is 314 g/mol. The monoisotopic (exact) mass is 333 g/mol. The van der Waals surface area contributed by atoms with E-state index in [4.69, 9.17) is 9.84 Å². The summed E-state index contributed by atoms with van der Waals surface area (Å²) in [7, 11) is -3.60. The Hall–Kier alpha value is -0.960. The number of carboxylic acids is 1. The van der Waals surface area contributed by atoms with Gasteiger partial charge in [0.15, 0.2) is 0 Å². The molecule has 0 atom stereocenters. The summed E-state index contributed by atoms with van der Waals surface area (Å²) < 4.78 is 32.1. The van der Waals surface area contributed by atoms with Crippen LogP contribution in [0.4, 0.5) is 0 Å². The molecule has 1 aliphatic rings. The Kier molecular flexibility index (Phi) is 5.03. The SMILES string of the molecule is CCOC1CCN(S(=O)(=O)c2cc(C)c(C(=O)O)s2)CC1. The molecule has 1 aliphatic heterocycles. The van der Waals surface area contributed by atoms with Crippen molar-refractivity contribution in [1.82, 2.24) is 4.31 Å². The highest BCUT2D eigenvalue weighted by Crippen LogP contribution is 2.30. The van der Waals surface area contributed by atoms with Gasteiger partial charge in [-0.2, -0.15) is 4.31 Å². The standard InChI is InChI=1S/C13H19NO5S2/c1-3-19-10-4-6-14(7-5-10)21(17,18)11-8-9(2)12(20-11)13(15)16/h8,10H,3-7H2,1-2H3,(H,15,16). The maximum absolute atomic E-state index is 12.5. The lowest BCUT2D eigenvalue weighted by atomic mass is 10.1. The first-order valence-electron chi connectivity index (χ1n) is 6.81. The van der Waals surface area contributed by atoms with Crippen molar-refractivity contribution in [2.24, 2.45) is 0 Å². The number of carboxylic acid groups (broad SMARTS) is 1. The van der Waals surface area contributed by atoms with E-state index in [0.29, 0.717) is 38.1 Å². The molecule has 0 saturated carbocycles. The third kappa shape index (κ3) is 3.45. The predicted molar refractivity (Wildman–Crippen MR) is 79.4 cm³/mol. The van der Waals surface area contributed by atoms with Gasteiger partial charge in [0.25, 0.3) is 10.0 Å². The van der Waals surface area contributed by atoms with Crippen molar-refractivity contribution in [1.29, 1.82) is 0 Å². The van der Waals surface area contributed by atoms with E-state index >= 15 is 0 Å². The second-order valence-corrected chi connectivity index (χ2v) is 8.16. The highest BCUT2D eigenvalue weighted by molar-refractivity contribution is 7.91. The summed E-state index contributed by atoms with van der Waals surface area (Å²) in [5, 5.41) is 9.03. The van der Waals surface area contributed by atoms with E-state index < -0.39 is 16.0 Å². The molecule has 21 heavy (non-hydrogen) atoms. The Labute approximate surface area is 128 Å². The fourth-order valence-electron chi connectivity index (χ4n) is 2.39. The van der Waals surface area contributed by atoms with Crippen LogP contribution in [0.1, 0.15) is 35.0 Å². The molecule has 0 unspecified atom stereocenters. The highest BCUT2D eigenvalue weighted by Gasteiger charge is 2.31. The lowest BCUT2D eigenvalue weighted by Gasteiger charge is -2.30. The van der Waals surface area contributed by atoms with E-state index in [2.05, 4.69) is 0 Å². The van der Waals surface area contributed by atoms with Crippen molar-refractivity contribution in [2.75, 3.05) is 19.7 Å². The maximum atomic E-state index is 12.5. The molecule has 1 N–H and O–H groups in total.